The number of nitrogens with one attached hydrogen (secondary N) is 1. The quantitative estimate of drug-likeness (QED) is 0.892. The Balaban J connectivity index is 2.17. The van der Waals surface area contributed by atoms with E-state index in [1.54, 1.807) is 42.5 Å². The SMILES string of the molecule is Cc1ccc(C(=O)NC(=O)N(C(=O)O)c2ccccc2)cc1. The second-order valence-corrected chi connectivity index (χ2v) is 4.58. The van der Waals surface area contributed by atoms with E-state index in [9.17, 15) is 19.5 Å². The van der Waals surface area contributed by atoms with E-state index < -0.39 is 18.0 Å². The summed E-state index contributed by atoms with van der Waals surface area (Å²) in [6, 6.07) is 13.4. The molecule has 0 bridgehead atoms. The zero-order valence-electron chi connectivity index (χ0n) is 11.8. The van der Waals surface area contributed by atoms with Gasteiger partial charge in [0.25, 0.3) is 5.91 Å². The molecule has 0 atom stereocenters. The largest absolute Gasteiger partial charge is 0.464 e. The van der Waals surface area contributed by atoms with Gasteiger partial charge in [0, 0.05) is 5.56 Å². The van der Waals surface area contributed by atoms with Gasteiger partial charge in [0.2, 0.25) is 0 Å². The molecule has 0 unspecified atom stereocenters. The van der Waals surface area contributed by atoms with Crippen molar-refractivity contribution in [2.24, 2.45) is 0 Å². The fourth-order valence-corrected chi connectivity index (χ4v) is 1.82. The number of benzene rings is 2. The monoisotopic (exact) mass is 298 g/mol. The third kappa shape index (κ3) is 3.49. The molecule has 2 N–H and O–H groups in total. The summed E-state index contributed by atoms with van der Waals surface area (Å²) in [6.45, 7) is 1.87. The first kappa shape index (κ1) is 15.2. The lowest BCUT2D eigenvalue weighted by atomic mass is 10.1. The summed E-state index contributed by atoms with van der Waals surface area (Å²) in [7, 11) is 0. The second kappa shape index (κ2) is 6.53. The van der Waals surface area contributed by atoms with E-state index in [0.717, 1.165) is 5.56 Å². The topological polar surface area (TPSA) is 86.7 Å². The number of para-hydroxylation sites is 1. The molecule has 6 nitrogen and oxygen atoms in total. The normalized spacial score (nSPS) is 9.86. The van der Waals surface area contributed by atoms with Crippen molar-refractivity contribution in [2.45, 2.75) is 6.92 Å². The number of rotatable bonds is 2. The number of carbonyl (C=O) groups excluding carboxylic acids is 2. The molecular weight excluding hydrogens is 284 g/mol. The Hall–Kier alpha value is -3.15. The van der Waals surface area contributed by atoms with Crippen molar-refractivity contribution >= 4 is 23.7 Å². The van der Waals surface area contributed by atoms with Gasteiger partial charge in [0.1, 0.15) is 0 Å². The predicted molar refractivity (Wildman–Crippen MR) is 81.0 cm³/mol. The van der Waals surface area contributed by atoms with Gasteiger partial charge in [-0.3, -0.25) is 10.1 Å². The molecule has 0 aliphatic rings. The van der Waals surface area contributed by atoms with Crippen LogP contribution in [0.25, 0.3) is 0 Å². The Morgan fingerprint density at radius 1 is 0.955 bits per heavy atom. The van der Waals surface area contributed by atoms with Gasteiger partial charge < -0.3 is 5.11 Å². The van der Waals surface area contributed by atoms with Gasteiger partial charge in [-0.1, -0.05) is 35.9 Å². The predicted octanol–water partition coefficient (Wildman–Crippen LogP) is 3.03. The minimum atomic E-state index is -1.47. The summed E-state index contributed by atoms with van der Waals surface area (Å²) in [5, 5.41) is 11.2. The van der Waals surface area contributed by atoms with Crippen LogP contribution in [0.3, 0.4) is 0 Å². The molecule has 0 spiro atoms. The number of urea groups is 1. The molecule has 6 heteroatoms. The minimum absolute atomic E-state index is 0.157. The smallest absolute Gasteiger partial charge is 0.420 e. The molecule has 4 amide bonds. The number of amides is 4. The first-order valence-electron chi connectivity index (χ1n) is 6.49. The lowest BCUT2D eigenvalue weighted by Gasteiger charge is -2.17. The Morgan fingerprint density at radius 3 is 2.09 bits per heavy atom. The molecule has 0 aliphatic carbocycles. The lowest BCUT2D eigenvalue weighted by Crippen LogP contribution is -2.45. The molecular formula is C16H14N2O4. The van der Waals surface area contributed by atoms with Gasteiger partial charge in [-0.15, -0.1) is 0 Å². The van der Waals surface area contributed by atoms with Crippen LogP contribution in [0, 0.1) is 6.92 Å². The van der Waals surface area contributed by atoms with Crippen LogP contribution in [0.15, 0.2) is 54.6 Å². The third-order valence-corrected chi connectivity index (χ3v) is 2.94. The number of carboxylic acid groups (broad SMARTS) is 1. The number of hydrogen-bond donors (Lipinski definition) is 2. The minimum Gasteiger partial charge on any atom is -0.464 e. The summed E-state index contributed by atoms with van der Waals surface area (Å²) in [5.41, 5.74) is 1.40. The van der Waals surface area contributed by atoms with Gasteiger partial charge in [0.15, 0.2) is 0 Å². The van der Waals surface area contributed by atoms with Crippen LogP contribution in [0.1, 0.15) is 15.9 Å². The highest BCUT2D eigenvalue weighted by molar-refractivity contribution is 6.17. The van der Waals surface area contributed by atoms with Crippen molar-refractivity contribution < 1.29 is 19.5 Å². The van der Waals surface area contributed by atoms with Crippen molar-refractivity contribution in [1.29, 1.82) is 0 Å². The van der Waals surface area contributed by atoms with Crippen LogP contribution >= 0.6 is 0 Å². The first-order chi connectivity index (χ1) is 10.5. The van der Waals surface area contributed by atoms with Crippen LogP contribution in [0.2, 0.25) is 0 Å². The molecule has 0 saturated heterocycles. The summed E-state index contributed by atoms with van der Waals surface area (Å²) >= 11 is 0. The van der Waals surface area contributed by atoms with Crippen LogP contribution < -0.4 is 10.2 Å². The summed E-state index contributed by atoms with van der Waals surface area (Å²) in [4.78, 5) is 35.8. The summed E-state index contributed by atoms with van der Waals surface area (Å²) in [6.07, 6.45) is -1.47. The maximum Gasteiger partial charge on any atom is 0.420 e. The molecule has 2 aromatic carbocycles. The van der Waals surface area contributed by atoms with Crippen molar-refractivity contribution in [3.8, 4) is 0 Å². The molecule has 0 saturated carbocycles. The van der Waals surface area contributed by atoms with Gasteiger partial charge in [0.05, 0.1) is 5.69 Å². The standard InChI is InChI=1S/C16H14N2O4/c1-11-7-9-12(10-8-11)14(19)17-15(20)18(16(21)22)13-5-3-2-4-6-13/h2-10H,1H3,(H,21,22)(H,17,19,20). The highest BCUT2D eigenvalue weighted by atomic mass is 16.4. The zero-order valence-corrected chi connectivity index (χ0v) is 11.8. The number of imide groups is 2. The Labute approximate surface area is 127 Å². The summed E-state index contributed by atoms with van der Waals surface area (Å²) < 4.78 is 0. The molecule has 0 aliphatic heterocycles. The number of nitrogens with zero attached hydrogens (tertiary/aromatic N) is 1. The molecule has 0 aromatic heterocycles. The van der Waals surface area contributed by atoms with E-state index in [0.29, 0.717) is 4.90 Å². The van der Waals surface area contributed by atoms with Gasteiger partial charge in [-0.25, -0.2) is 9.59 Å². The fourth-order valence-electron chi connectivity index (χ4n) is 1.82. The average molecular weight is 298 g/mol. The first-order valence-corrected chi connectivity index (χ1v) is 6.49. The number of anilines is 1. The average Bonchev–Trinajstić information content (AvgIpc) is 2.48. The highest BCUT2D eigenvalue weighted by Gasteiger charge is 2.24. The molecule has 22 heavy (non-hydrogen) atoms. The van der Waals surface area contributed by atoms with E-state index in [-0.39, 0.29) is 11.3 Å². The maximum atomic E-state index is 12.0. The van der Waals surface area contributed by atoms with Crippen LogP contribution in [-0.4, -0.2) is 23.1 Å². The lowest BCUT2D eigenvalue weighted by molar-refractivity contribution is 0.0966. The van der Waals surface area contributed by atoms with E-state index in [2.05, 4.69) is 5.32 Å². The number of aryl methyl sites for hydroxylation is 1. The Kier molecular flexibility index (Phi) is 4.53. The van der Waals surface area contributed by atoms with E-state index in [1.807, 2.05) is 6.92 Å². The second-order valence-electron chi connectivity index (χ2n) is 4.58. The molecule has 2 rings (SSSR count). The van der Waals surface area contributed by atoms with Crippen LogP contribution in [-0.2, 0) is 0 Å². The van der Waals surface area contributed by atoms with Crippen molar-refractivity contribution in [3.05, 3.63) is 65.7 Å². The third-order valence-electron chi connectivity index (χ3n) is 2.94. The number of carbonyl (C=O) groups is 3. The van der Waals surface area contributed by atoms with E-state index in [1.165, 1.54) is 12.1 Å². The van der Waals surface area contributed by atoms with Gasteiger partial charge in [-0.05, 0) is 31.2 Å². The van der Waals surface area contributed by atoms with E-state index >= 15 is 0 Å². The van der Waals surface area contributed by atoms with Crippen LogP contribution in [0.4, 0.5) is 15.3 Å². The number of hydrogen-bond acceptors (Lipinski definition) is 3. The fraction of sp³-hybridized carbons (Fsp3) is 0.0625. The molecule has 0 fully saturated rings. The highest BCUT2D eigenvalue weighted by Crippen LogP contribution is 2.14. The Morgan fingerprint density at radius 2 is 1.55 bits per heavy atom. The van der Waals surface area contributed by atoms with Crippen molar-refractivity contribution in [2.75, 3.05) is 4.90 Å². The van der Waals surface area contributed by atoms with E-state index in [4.69, 9.17) is 0 Å². The van der Waals surface area contributed by atoms with Crippen LogP contribution in [0.5, 0.6) is 0 Å². The van der Waals surface area contributed by atoms with Gasteiger partial charge >= 0.3 is 12.1 Å². The summed E-state index contributed by atoms with van der Waals surface area (Å²) in [5.74, 6) is -0.660. The molecule has 2 aromatic rings. The van der Waals surface area contributed by atoms with Crippen molar-refractivity contribution in [1.82, 2.24) is 5.32 Å². The molecule has 0 radical (unpaired) electrons. The zero-order chi connectivity index (χ0) is 16.1. The molecule has 112 valence electrons. The van der Waals surface area contributed by atoms with Gasteiger partial charge in [-0.2, -0.15) is 4.90 Å². The Bertz CT molecular complexity index is 696. The maximum absolute atomic E-state index is 12.0. The van der Waals surface area contributed by atoms with Crippen molar-refractivity contribution in [3.63, 3.8) is 0 Å². The molecule has 0 heterocycles.